The van der Waals surface area contributed by atoms with Crippen LogP contribution in [0.15, 0.2) is 30.3 Å². The zero-order valence-corrected chi connectivity index (χ0v) is 13.6. The van der Waals surface area contributed by atoms with Gasteiger partial charge in [0.2, 0.25) is 5.91 Å². The number of amides is 1. The van der Waals surface area contributed by atoms with Crippen LogP contribution in [-0.2, 0) is 14.6 Å². The molecule has 0 heterocycles. The summed E-state index contributed by atoms with van der Waals surface area (Å²) in [5.74, 6) is 0.369. The van der Waals surface area contributed by atoms with Crippen LogP contribution in [0.5, 0.6) is 0 Å². The Morgan fingerprint density at radius 3 is 2.40 bits per heavy atom. The van der Waals surface area contributed by atoms with Crippen molar-refractivity contribution in [1.29, 1.82) is 0 Å². The summed E-state index contributed by atoms with van der Waals surface area (Å²) in [7, 11) is -3.18. The second-order valence-electron chi connectivity index (χ2n) is 4.92. The van der Waals surface area contributed by atoms with Gasteiger partial charge in [0, 0.05) is 17.9 Å². The lowest BCUT2D eigenvalue weighted by molar-refractivity contribution is -0.124. The lowest BCUT2D eigenvalue weighted by atomic mass is 10.1. The molecule has 0 aromatic heterocycles. The Labute approximate surface area is 125 Å². The first-order valence-corrected chi connectivity index (χ1v) is 9.81. The molecule has 6 heteroatoms. The zero-order valence-electron chi connectivity index (χ0n) is 12.0. The van der Waals surface area contributed by atoms with E-state index < -0.39 is 15.9 Å². The van der Waals surface area contributed by atoms with Gasteiger partial charge in [-0.2, -0.15) is 11.8 Å². The lowest BCUT2D eigenvalue weighted by Crippen LogP contribution is -2.37. The van der Waals surface area contributed by atoms with Crippen molar-refractivity contribution in [2.75, 3.05) is 24.0 Å². The number of nitrogens with one attached hydrogen (secondary N) is 1. The molecule has 0 fully saturated rings. The first-order chi connectivity index (χ1) is 9.33. The standard InChI is InChI=1S/C14H21NO3S2/c1-11(9-19-2)14(16)15-13(10-20(3,17)18)12-7-5-4-6-8-12/h4-8,11,13H,9-10H2,1-3H3,(H,15,16)/t11-,13-/m1/s1. The molecule has 0 aliphatic carbocycles. The summed E-state index contributed by atoms with van der Waals surface area (Å²) in [5.41, 5.74) is 0.808. The molecule has 0 saturated carbocycles. The van der Waals surface area contributed by atoms with E-state index in [2.05, 4.69) is 5.32 Å². The summed E-state index contributed by atoms with van der Waals surface area (Å²) < 4.78 is 23.1. The van der Waals surface area contributed by atoms with E-state index in [0.717, 1.165) is 5.56 Å². The van der Waals surface area contributed by atoms with Gasteiger partial charge in [0.1, 0.15) is 9.84 Å². The molecule has 0 saturated heterocycles. The van der Waals surface area contributed by atoms with E-state index in [1.54, 1.807) is 11.8 Å². The Bertz CT molecular complexity index is 529. The SMILES string of the molecule is CSC[C@@H](C)C(=O)N[C@H](CS(C)(=O)=O)c1ccccc1. The molecule has 1 N–H and O–H groups in total. The molecule has 1 aromatic carbocycles. The maximum atomic E-state index is 12.1. The fourth-order valence-corrected chi connectivity index (χ4v) is 3.38. The molecule has 1 rings (SSSR count). The van der Waals surface area contributed by atoms with Crippen molar-refractivity contribution in [3.8, 4) is 0 Å². The number of carbonyl (C=O) groups excluding carboxylic acids is 1. The normalized spacial score (nSPS) is 14.6. The summed E-state index contributed by atoms with van der Waals surface area (Å²) in [6.07, 6.45) is 3.12. The molecule has 1 aromatic rings. The number of benzene rings is 1. The van der Waals surface area contributed by atoms with Crippen molar-refractivity contribution in [3.05, 3.63) is 35.9 Å². The van der Waals surface area contributed by atoms with Crippen LogP contribution in [0.25, 0.3) is 0 Å². The molecule has 0 radical (unpaired) electrons. The van der Waals surface area contributed by atoms with Gasteiger partial charge in [-0.15, -0.1) is 0 Å². The van der Waals surface area contributed by atoms with Crippen molar-refractivity contribution in [1.82, 2.24) is 5.32 Å². The van der Waals surface area contributed by atoms with Crippen molar-refractivity contribution < 1.29 is 13.2 Å². The highest BCUT2D eigenvalue weighted by atomic mass is 32.2. The van der Waals surface area contributed by atoms with E-state index in [0.29, 0.717) is 5.75 Å². The van der Waals surface area contributed by atoms with E-state index >= 15 is 0 Å². The maximum absolute atomic E-state index is 12.1. The van der Waals surface area contributed by atoms with E-state index in [-0.39, 0.29) is 17.6 Å². The predicted octanol–water partition coefficient (Wildman–Crippen LogP) is 1.89. The summed E-state index contributed by atoms with van der Waals surface area (Å²) in [5, 5.41) is 2.84. The number of thioether (sulfide) groups is 1. The molecule has 2 atom stereocenters. The van der Waals surface area contributed by atoms with Gasteiger partial charge in [0.25, 0.3) is 0 Å². The molecule has 0 spiro atoms. The minimum Gasteiger partial charge on any atom is -0.348 e. The second kappa shape index (κ2) is 7.69. The average molecular weight is 315 g/mol. The highest BCUT2D eigenvalue weighted by molar-refractivity contribution is 7.98. The third-order valence-electron chi connectivity index (χ3n) is 2.85. The third-order valence-corrected chi connectivity index (χ3v) is 4.62. The van der Waals surface area contributed by atoms with E-state index in [1.807, 2.05) is 43.5 Å². The summed E-state index contributed by atoms with van der Waals surface area (Å²) in [6, 6.07) is 8.69. The fourth-order valence-electron chi connectivity index (χ4n) is 1.85. The molecule has 0 unspecified atom stereocenters. The van der Waals surface area contributed by atoms with Crippen molar-refractivity contribution in [3.63, 3.8) is 0 Å². The van der Waals surface area contributed by atoms with Crippen LogP contribution < -0.4 is 5.32 Å². The van der Waals surface area contributed by atoms with Gasteiger partial charge in [-0.05, 0) is 11.8 Å². The quantitative estimate of drug-likeness (QED) is 0.834. The first-order valence-electron chi connectivity index (χ1n) is 6.35. The second-order valence-corrected chi connectivity index (χ2v) is 8.02. The van der Waals surface area contributed by atoms with Gasteiger partial charge < -0.3 is 5.32 Å². The van der Waals surface area contributed by atoms with Crippen LogP contribution in [0.4, 0.5) is 0 Å². The van der Waals surface area contributed by atoms with Gasteiger partial charge in [-0.25, -0.2) is 8.42 Å². The molecule has 0 bridgehead atoms. The Morgan fingerprint density at radius 2 is 1.90 bits per heavy atom. The van der Waals surface area contributed by atoms with Crippen LogP contribution in [0.1, 0.15) is 18.5 Å². The molecule has 112 valence electrons. The summed E-state index contributed by atoms with van der Waals surface area (Å²) in [4.78, 5) is 12.1. The van der Waals surface area contributed by atoms with Crippen LogP contribution >= 0.6 is 11.8 Å². The first kappa shape index (κ1) is 17.0. The van der Waals surface area contributed by atoms with Crippen molar-refractivity contribution in [2.24, 2.45) is 5.92 Å². The van der Waals surface area contributed by atoms with Crippen molar-refractivity contribution >= 4 is 27.5 Å². The molecule has 0 aliphatic heterocycles. The number of rotatable bonds is 7. The number of hydrogen-bond acceptors (Lipinski definition) is 4. The summed E-state index contributed by atoms with van der Waals surface area (Å²) in [6.45, 7) is 1.84. The van der Waals surface area contributed by atoms with Crippen LogP contribution in [-0.4, -0.2) is 38.3 Å². The number of hydrogen-bond donors (Lipinski definition) is 1. The average Bonchev–Trinajstić information content (AvgIpc) is 2.37. The largest absolute Gasteiger partial charge is 0.348 e. The Hall–Kier alpha value is -1.01. The van der Waals surface area contributed by atoms with E-state index in [9.17, 15) is 13.2 Å². The monoisotopic (exact) mass is 315 g/mol. The van der Waals surface area contributed by atoms with Gasteiger partial charge in [0.05, 0.1) is 11.8 Å². The maximum Gasteiger partial charge on any atom is 0.224 e. The Balaban J connectivity index is 2.87. The lowest BCUT2D eigenvalue weighted by Gasteiger charge is -2.20. The van der Waals surface area contributed by atoms with E-state index in [4.69, 9.17) is 0 Å². The molecule has 1 amide bonds. The summed E-state index contributed by atoms with van der Waals surface area (Å²) >= 11 is 1.60. The van der Waals surface area contributed by atoms with Gasteiger partial charge in [-0.3, -0.25) is 4.79 Å². The fraction of sp³-hybridized carbons (Fsp3) is 0.500. The number of carbonyl (C=O) groups is 1. The molecular weight excluding hydrogens is 294 g/mol. The smallest absolute Gasteiger partial charge is 0.224 e. The minimum absolute atomic E-state index is 0.0886. The highest BCUT2D eigenvalue weighted by Gasteiger charge is 2.22. The molecule has 0 aliphatic rings. The third kappa shape index (κ3) is 5.96. The zero-order chi connectivity index (χ0) is 15.2. The topological polar surface area (TPSA) is 63.2 Å². The van der Waals surface area contributed by atoms with Crippen LogP contribution in [0.3, 0.4) is 0 Å². The molecule has 20 heavy (non-hydrogen) atoms. The van der Waals surface area contributed by atoms with Gasteiger partial charge >= 0.3 is 0 Å². The number of sulfone groups is 1. The predicted molar refractivity (Wildman–Crippen MR) is 84.6 cm³/mol. The highest BCUT2D eigenvalue weighted by Crippen LogP contribution is 2.16. The molecule has 4 nitrogen and oxygen atoms in total. The van der Waals surface area contributed by atoms with Gasteiger partial charge in [0.15, 0.2) is 0 Å². The Kier molecular flexibility index (Phi) is 6.55. The Morgan fingerprint density at radius 1 is 1.30 bits per heavy atom. The van der Waals surface area contributed by atoms with Crippen LogP contribution in [0.2, 0.25) is 0 Å². The van der Waals surface area contributed by atoms with Crippen molar-refractivity contribution in [2.45, 2.75) is 13.0 Å². The van der Waals surface area contributed by atoms with E-state index in [1.165, 1.54) is 6.26 Å². The van der Waals surface area contributed by atoms with Crippen LogP contribution in [0, 0.1) is 5.92 Å². The molecular formula is C14H21NO3S2. The van der Waals surface area contributed by atoms with Gasteiger partial charge in [-0.1, -0.05) is 37.3 Å². The minimum atomic E-state index is -3.18.